The topological polar surface area (TPSA) is 76.5 Å². The number of thiophene rings is 1. The van der Waals surface area contributed by atoms with Crippen molar-refractivity contribution in [2.24, 2.45) is 0 Å². The van der Waals surface area contributed by atoms with Crippen LogP contribution in [-0.2, 0) is 0 Å². The number of carboxylic acids is 1. The molecular weight excluding hydrogens is 274 g/mol. The molecule has 0 amide bonds. The van der Waals surface area contributed by atoms with Crippen LogP contribution in [0.15, 0.2) is 4.42 Å². The number of carbonyl (C=O) groups is 1. The molecule has 0 unspecified atom stereocenters. The predicted molar refractivity (Wildman–Crippen MR) is 81.7 cm³/mol. The van der Waals surface area contributed by atoms with Crippen LogP contribution in [-0.4, -0.2) is 11.1 Å². The highest BCUT2D eigenvalue weighted by Gasteiger charge is 2.26. The molecule has 0 aliphatic rings. The first kappa shape index (κ1) is 14.7. The summed E-state index contributed by atoms with van der Waals surface area (Å²) in [6, 6.07) is 0. The van der Waals surface area contributed by atoms with Crippen molar-refractivity contribution in [3.63, 3.8) is 0 Å². The summed E-state index contributed by atoms with van der Waals surface area (Å²) in [6.45, 7) is 9.84. The third-order valence-corrected chi connectivity index (χ3v) is 4.77. The van der Waals surface area contributed by atoms with Crippen molar-refractivity contribution >= 4 is 23.0 Å². The number of rotatable bonds is 3. The van der Waals surface area contributed by atoms with Crippen LogP contribution in [0, 0.1) is 20.8 Å². The third kappa shape index (κ3) is 2.12. The Balaban J connectivity index is 2.80. The maximum Gasteiger partial charge on any atom is 0.348 e. The molecule has 4 nitrogen and oxygen atoms in total. The zero-order chi connectivity index (χ0) is 15.2. The summed E-state index contributed by atoms with van der Waals surface area (Å²) in [4.78, 5) is 12.5. The van der Waals surface area contributed by atoms with Gasteiger partial charge in [0.1, 0.15) is 16.4 Å². The van der Waals surface area contributed by atoms with Gasteiger partial charge in [0.05, 0.1) is 5.69 Å². The monoisotopic (exact) mass is 293 g/mol. The van der Waals surface area contributed by atoms with Crippen molar-refractivity contribution < 1.29 is 14.3 Å². The van der Waals surface area contributed by atoms with Crippen LogP contribution in [0.5, 0.6) is 0 Å². The van der Waals surface area contributed by atoms with Gasteiger partial charge in [-0.05, 0) is 37.8 Å². The highest BCUT2D eigenvalue weighted by atomic mass is 32.1. The minimum atomic E-state index is -0.976. The lowest BCUT2D eigenvalue weighted by molar-refractivity contribution is 0.0703. The first-order valence-electron chi connectivity index (χ1n) is 6.48. The Bertz CT molecular complexity index is 680. The number of furan rings is 1. The summed E-state index contributed by atoms with van der Waals surface area (Å²) in [5, 5.41) is 9.28. The van der Waals surface area contributed by atoms with Gasteiger partial charge in [0.15, 0.2) is 0 Å². The second-order valence-corrected chi connectivity index (χ2v) is 6.28. The van der Waals surface area contributed by atoms with Crippen LogP contribution in [0.1, 0.15) is 52.1 Å². The molecule has 2 aromatic rings. The lowest BCUT2D eigenvalue weighted by Crippen LogP contribution is -2.00. The fraction of sp³-hybridized carbons (Fsp3) is 0.400. The fourth-order valence-electron chi connectivity index (χ4n) is 2.50. The van der Waals surface area contributed by atoms with Crippen molar-refractivity contribution in [1.29, 1.82) is 0 Å². The molecule has 2 heterocycles. The van der Waals surface area contributed by atoms with Crippen LogP contribution in [0.3, 0.4) is 0 Å². The molecule has 2 aromatic heterocycles. The number of hydrogen-bond donors (Lipinski definition) is 2. The summed E-state index contributed by atoms with van der Waals surface area (Å²) in [5.41, 5.74) is 9.36. The Morgan fingerprint density at radius 1 is 1.25 bits per heavy atom. The maximum absolute atomic E-state index is 11.3. The van der Waals surface area contributed by atoms with E-state index in [4.69, 9.17) is 10.2 Å². The van der Waals surface area contributed by atoms with E-state index in [1.165, 1.54) is 11.3 Å². The Morgan fingerprint density at radius 2 is 1.85 bits per heavy atom. The molecule has 108 valence electrons. The molecular formula is C15H19NO3S. The largest absolute Gasteiger partial charge is 0.477 e. The molecule has 0 aliphatic carbocycles. The zero-order valence-corrected chi connectivity index (χ0v) is 13.1. The first-order valence-corrected chi connectivity index (χ1v) is 7.29. The summed E-state index contributed by atoms with van der Waals surface area (Å²) in [6.07, 6.45) is 0. The van der Waals surface area contributed by atoms with E-state index in [2.05, 4.69) is 0 Å². The second kappa shape index (κ2) is 4.98. The van der Waals surface area contributed by atoms with Crippen molar-refractivity contribution in [1.82, 2.24) is 0 Å². The van der Waals surface area contributed by atoms with Gasteiger partial charge in [-0.25, -0.2) is 4.79 Å². The number of carboxylic acid groups (broad SMARTS) is 1. The van der Waals surface area contributed by atoms with Gasteiger partial charge >= 0.3 is 5.97 Å². The lowest BCUT2D eigenvalue weighted by Gasteiger charge is -2.09. The first-order chi connectivity index (χ1) is 9.25. The lowest BCUT2D eigenvalue weighted by atomic mass is 9.96. The normalized spacial score (nSPS) is 11.3. The molecule has 0 bridgehead atoms. The van der Waals surface area contributed by atoms with Crippen molar-refractivity contribution in [3.8, 4) is 10.4 Å². The van der Waals surface area contributed by atoms with Gasteiger partial charge in [-0.3, -0.25) is 0 Å². The minimum absolute atomic E-state index is 0.156. The Labute approximate surface area is 122 Å². The summed E-state index contributed by atoms with van der Waals surface area (Å²) < 4.78 is 5.66. The van der Waals surface area contributed by atoms with Crippen molar-refractivity contribution in [2.45, 2.75) is 40.5 Å². The Hall–Kier alpha value is -1.75. The summed E-state index contributed by atoms with van der Waals surface area (Å²) >= 11 is 1.23. The highest BCUT2D eigenvalue weighted by Crippen LogP contribution is 2.45. The molecule has 0 fully saturated rings. The van der Waals surface area contributed by atoms with Gasteiger partial charge in [0.25, 0.3) is 0 Å². The number of hydrogen-bond acceptors (Lipinski definition) is 4. The minimum Gasteiger partial charge on any atom is -0.477 e. The van der Waals surface area contributed by atoms with Gasteiger partial charge in [0.2, 0.25) is 0 Å². The Kier molecular flexibility index (Phi) is 3.65. The molecule has 5 heteroatoms. The quantitative estimate of drug-likeness (QED) is 0.882. The van der Waals surface area contributed by atoms with E-state index in [1.807, 2.05) is 34.6 Å². The van der Waals surface area contributed by atoms with E-state index in [0.29, 0.717) is 5.69 Å². The van der Waals surface area contributed by atoms with E-state index in [1.54, 1.807) is 0 Å². The number of aryl methyl sites for hydroxylation is 2. The number of nitrogen functional groups attached to an aromatic ring is 1. The molecule has 2 rings (SSSR count). The molecule has 20 heavy (non-hydrogen) atoms. The second-order valence-electron chi connectivity index (χ2n) is 5.26. The average Bonchev–Trinajstić information content (AvgIpc) is 2.77. The van der Waals surface area contributed by atoms with Crippen molar-refractivity contribution in [3.05, 3.63) is 27.5 Å². The zero-order valence-electron chi connectivity index (χ0n) is 12.3. The van der Waals surface area contributed by atoms with Crippen molar-refractivity contribution in [2.75, 3.05) is 5.73 Å². The van der Waals surface area contributed by atoms with E-state index in [9.17, 15) is 9.90 Å². The summed E-state index contributed by atoms with van der Waals surface area (Å²) in [5.74, 6) is 0.843. The maximum atomic E-state index is 11.3. The predicted octanol–water partition coefficient (Wildman–Crippen LogP) is 4.34. The van der Waals surface area contributed by atoms with Crippen LogP contribution < -0.4 is 5.73 Å². The Morgan fingerprint density at radius 3 is 2.25 bits per heavy atom. The van der Waals surface area contributed by atoms with Gasteiger partial charge in [0, 0.05) is 10.4 Å². The average molecular weight is 293 g/mol. The van der Waals surface area contributed by atoms with E-state index in [-0.39, 0.29) is 10.8 Å². The molecule has 0 spiro atoms. The standard InChI is InChI=1S/C15H19NO3S/c1-6(2)10-12(16)14(15(17)18)20-13(10)11-7(3)8(4)19-9(11)5/h6H,16H2,1-5H3,(H,17,18). The van der Waals surface area contributed by atoms with Gasteiger partial charge in [-0.15, -0.1) is 11.3 Å². The van der Waals surface area contributed by atoms with Gasteiger partial charge in [-0.1, -0.05) is 13.8 Å². The number of nitrogens with two attached hydrogens (primary N) is 1. The number of anilines is 1. The molecule has 0 atom stereocenters. The molecule has 0 saturated carbocycles. The van der Waals surface area contributed by atoms with Gasteiger partial charge in [-0.2, -0.15) is 0 Å². The van der Waals surface area contributed by atoms with Gasteiger partial charge < -0.3 is 15.3 Å². The molecule has 0 aromatic carbocycles. The highest BCUT2D eigenvalue weighted by molar-refractivity contribution is 7.18. The molecule has 0 aliphatic heterocycles. The molecule has 3 N–H and O–H groups in total. The van der Waals surface area contributed by atoms with Crippen LogP contribution in [0.2, 0.25) is 0 Å². The summed E-state index contributed by atoms with van der Waals surface area (Å²) in [7, 11) is 0. The number of aromatic carboxylic acids is 1. The smallest absolute Gasteiger partial charge is 0.348 e. The van der Waals surface area contributed by atoms with Crippen LogP contribution >= 0.6 is 11.3 Å². The van der Waals surface area contributed by atoms with Crippen LogP contribution in [0.25, 0.3) is 10.4 Å². The van der Waals surface area contributed by atoms with Crippen LogP contribution in [0.4, 0.5) is 5.69 Å². The fourth-order valence-corrected chi connectivity index (χ4v) is 3.87. The molecule has 0 saturated heterocycles. The van der Waals surface area contributed by atoms with E-state index < -0.39 is 5.97 Å². The SMILES string of the molecule is Cc1oc(C)c(-c2sc(C(=O)O)c(N)c2C(C)C)c1C. The third-order valence-electron chi connectivity index (χ3n) is 3.54. The van der Waals surface area contributed by atoms with E-state index >= 15 is 0 Å². The molecule has 0 radical (unpaired) electrons. The van der Waals surface area contributed by atoms with E-state index in [0.717, 1.165) is 33.1 Å².